The Labute approximate surface area is 164 Å². The molecule has 0 saturated carbocycles. The molecule has 0 spiro atoms. The molecule has 0 bridgehead atoms. The van der Waals surface area contributed by atoms with Crippen LogP contribution in [-0.2, 0) is 0 Å². The maximum atomic E-state index is 12.6. The highest BCUT2D eigenvalue weighted by Crippen LogP contribution is 2.25. The summed E-state index contributed by atoms with van der Waals surface area (Å²) in [5, 5.41) is 7.02. The second-order valence-corrected chi connectivity index (χ2v) is 7.28. The average molecular weight is 379 g/mol. The van der Waals surface area contributed by atoms with Crippen LogP contribution < -0.4 is 5.32 Å². The zero-order chi connectivity index (χ0) is 19.3. The Morgan fingerprint density at radius 1 is 1.18 bits per heavy atom. The van der Waals surface area contributed by atoms with Gasteiger partial charge in [-0.25, -0.2) is 0 Å². The SMILES string of the molecule is Cc1ccc(-c2cc(C(=O)NCC(c3ccco3)N3CCCCC3)on2)cc1. The molecule has 6 heteroatoms. The van der Waals surface area contributed by atoms with E-state index in [0.717, 1.165) is 24.4 Å². The lowest BCUT2D eigenvalue weighted by atomic mass is 10.1. The first-order chi connectivity index (χ1) is 13.7. The van der Waals surface area contributed by atoms with Crippen molar-refractivity contribution < 1.29 is 13.7 Å². The smallest absolute Gasteiger partial charge is 0.289 e. The molecule has 146 valence electrons. The topological polar surface area (TPSA) is 71.5 Å². The van der Waals surface area contributed by atoms with Gasteiger partial charge in [0.05, 0.1) is 12.3 Å². The van der Waals surface area contributed by atoms with Gasteiger partial charge in [0, 0.05) is 18.2 Å². The number of piperidine rings is 1. The van der Waals surface area contributed by atoms with Gasteiger partial charge in [0.25, 0.3) is 5.91 Å². The molecule has 1 fully saturated rings. The standard InChI is InChI=1S/C22H25N3O3/c1-16-7-9-17(10-8-16)18-14-21(28-24-18)22(26)23-15-19(20-6-5-13-27-20)25-11-3-2-4-12-25/h5-10,13-14,19H,2-4,11-12,15H2,1H3,(H,23,26). The zero-order valence-electron chi connectivity index (χ0n) is 16.1. The van der Waals surface area contributed by atoms with Gasteiger partial charge < -0.3 is 14.3 Å². The Kier molecular flexibility index (Phi) is 5.58. The van der Waals surface area contributed by atoms with Crippen molar-refractivity contribution in [2.24, 2.45) is 0 Å². The molecule has 1 aliphatic rings. The molecule has 3 aromatic rings. The van der Waals surface area contributed by atoms with E-state index < -0.39 is 0 Å². The number of hydrogen-bond donors (Lipinski definition) is 1. The average Bonchev–Trinajstić information content (AvgIpc) is 3.42. The molecule has 1 aliphatic heterocycles. The largest absolute Gasteiger partial charge is 0.468 e. The van der Waals surface area contributed by atoms with Crippen LogP contribution >= 0.6 is 0 Å². The number of nitrogens with one attached hydrogen (secondary N) is 1. The second kappa shape index (κ2) is 8.44. The second-order valence-electron chi connectivity index (χ2n) is 7.28. The van der Waals surface area contributed by atoms with E-state index in [-0.39, 0.29) is 17.7 Å². The highest BCUT2D eigenvalue weighted by molar-refractivity contribution is 5.92. The van der Waals surface area contributed by atoms with Crippen molar-refractivity contribution in [1.82, 2.24) is 15.4 Å². The molecular formula is C22H25N3O3. The quantitative estimate of drug-likeness (QED) is 0.695. The summed E-state index contributed by atoms with van der Waals surface area (Å²) in [7, 11) is 0. The van der Waals surface area contributed by atoms with Gasteiger partial charge in [-0.1, -0.05) is 41.4 Å². The molecule has 0 aliphatic carbocycles. The van der Waals surface area contributed by atoms with Gasteiger partial charge in [0.1, 0.15) is 11.5 Å². The summed E-state index contributed by atoms with van der Waals surface area (Å²) in [4.78, 5) is 15.0. The first-order valence-electron chi connectivity index (χ1n) is 9.80. The lowest BCUT2D eigenvalue weighted by Crippen LogP contribution is -2.40. The van der Waals surface area contributed by atoms with E-state index in [9.17, 15) is 4.79 Å². The van der Waals surface area contributed by atoms with Gasteiger partial charge in [-0.05, 0) is 45.0 Å². The van der Waals surface area contributed by atoms with Crippen molar-refractivity contribution in [3.8, 4) is 11.3 Å². The highest BCUT2D eigenvalue weighted by atomic mass is 16.5. The molecule has 4 rings (SSSR count). The summed E-state index contributed by atoms with van der Waals surface area (Å²) >= 11 is 0. The minimum absolute atomic E-state index is 0.0266. The number of rotatable bonds is 6. The minimum atomic E-state index is -0.264. The van der Waals surface area contributed by atoms with Crippen molar-refractivity contribution in [1.29, 1.82) is 0 Å². The van der Waals surface area contributed by atoms with Gasteiger partial charge in [-0.2, -0.15) is 0 Å². The molecule has 1 atom stereocenters. The van der Waals surface area contributed by atoms with Crippen LogP contribution in [0.5, 0.6) is 0 Å². The Morgan fingerprint density at radius 2 is 1.96 bits per heavy atom. The van der Waals surface area contributed by atoms with Gasteiger partial charge in [0.2, 0.25) is 5.76 Å². The molecular weight excluding hydrogens is 354 g/mol. The minimum Gasteiger partial charge on any atom is -0.468 e. The maximum absolute atomic E-state index is 12.6. The van der Waals surface area contributed by atoms with Gasteiger partial charge >= 0.3 is 0 Å². The fourth-order valence-corrected chi connectivity index (χ4v) is 3.64. The van der Waals surface area contributed by atoms with Crippen LogP contribution in [0.4, 0.5) is 0 Å². The lowest BCUT2D eigenvalue weighted by molar-refractivity contribution is 0.0878. The van der Waals surface area contributed by atoms with Crippen LogP contribution in [-0.4, -0.2) is 35.6 Å². The van der Waals surface area contributed by atoms with Gasteiger partial charge in [-0.15, -0.1) is 0 Å². The maximum Gasteiger partial charge on any atom is 0.289 e. The van der Waals surface area contributed by atoms with E-state index in [0.29, 0.717) is 12.2 Å². The lowest BCUT2D eigenvalue weighted by Gasteiger charge is -2.33. The predicted octanol–water partition coefficient (Wildman–Crippen LogP) is 4.20. The third kappa shape index (κ3) is 4.17. The number of benzene rings is 1. The molecule has 1 saturated heterocycles. The molecule has 0 radical (unpaired) electrons. The first kappa shape index (κ1) is 18.5. The summed E-state index contributed by atoms with van der Waals surface area (Å²) in [5.41, 5.74) is 2.76. The summed E-state index contributed by atoms with van der Waals surface area (Å²) in [6.07, 6.45) is 5.28. The fourth-order valence-electron chi connectivity index (χ4n) is 3.64. The van der Waals surface area contributed by atoms with Gasteiger partial charge in [-0.3, -0.25) is 9.69 Å². The Balaban J connectivity index is 1.43. The molecule has 3 heterocycles. The monoisotopic (exact) mass is 379 g/mol. The molecule has 6 nitrogen and oxygen atoms in total. The number of carbonyl (C=O) groups is 1. The fraction of sp³-hybridized carbons (Fsp3) is 0.364. The van der Waals surface area contributed by atoms with E-state index >= 15 is 0 Å². The zero-order valence-corrected chi connectivity index (χ0v) is 16.1. The molecule has 28 heavy (non-hydrogen) atoms. The van der Waals surface area contributed by atoms with E-state index in [2.05, 4.69) is 15.4 Å². The van der Waals surface area contributed by atoms with Gasteiger partial charge in [0.15, 0.2) is 0 Å². The van der Waals surface area contributed by atoms with Crippen molar-refractivity contribution in [3.05, 3.63) is 65.8 Å². The van der Waals surface area contributed by atoms with Crippen LogP contribution in [0.15, 0.2) is 57.7 Å². The Morgan fingerprint density at radius 3 is 2.68 bits per heavy atom. The molecule has 1 amide bonds. The number of amides is 1. The summed E-state index contributed by atoms with van der Waals surface area (Å²) < 4.78 is 10.9. The summed E-state index contributed by atoms with van der Waals surface area (Å²) in [6.45, 7) is 4.53. The number of carbonyl (C=O) groups excluding carboxylic acids is 1. The number of hydrogen-bond acceptors (Lipinski definition) is 5. The number of nitrogens with zero attached hydrogens (tertiary/aromatic N) is 2. The Hall–Kier alpha value is -2.86. The Bertz CT molecular complexity index is 894. The molecule has 1 unspecified atom stereocenters. The number of aromatic nitrogens is 1. The molecule has 1 N–H and O–H groups in total. The number of likely N-dealkylation sites (tertiary alicyclic amines) is 1. The van der Waals surface area contributed by atoms with Crippen LogP contribution in [0.3, 0.4) is 0 Å². The van der Waals surface area contributed by atoms with Crippen molar-refractivity contribution >= 4 is 5.91 Å². The van der Waals surface area contributed by atoms with Crippen LogP contribution in [0.25, 0.3) is 11.3 Å². The van der Waals surface area contributed by atoms with Crippen LogP contribution in [0, 0.1) is 6.92 Å². The van der Waals surface area contributed by atoms with E-state index in [4.69, 9.17) is 8.94 Å². The first-order valence-corrected chi connectivity index (χ1v) is 9.80. The number of furan rings is 1. The van der Waals surface area contributed by atoms with E-state index in [1.165, 1.54) is 24.8 Å². The van der Waals surface area contributed by atoms with Crippen molar-refractivity contribution in [2.45, 2.75) is 32.2 Å². The van der Waals surface area contributed by atoms with E-state index in [1.54, 1.807) is 12.3 Å². The third-order valence-electron chi connectivity index (χ3n) is 5.24. The molecule has 2 aromatic heterocycles. The van der Waals surface area contributed by atoms with E-state index in [1.807, 2.05) is 43.3 Å². The summed E-state index contributed by atoms with van der Waals surface area (Å²) in [6, 6.07) is 13.5. The third-order valence-corrected chi connectivity index (χ3v) is 5.24. The van der Waals surface area contributed by atoms with Crippen LogP contribution in [0.1, 0.15) is 47.2 Å². The summed E-state index contributed by atoms with van der Waals surface area (Å²) in [5.74, 6) is 0.826. The van der Waals surface area contributed by atoms with Crippen LogP contribution in [0.2, 0.25) is 0 Å². The van der Waals surface area contributed by atoms with Crippen molar-refractivity contribution in [2.75, 3.05) is 19.6 Å². The number of aryl methyl sites for hydroxylation is 1. The normalized spacial score (nSPS) is 16.0. The van der Waals surface area contributed by atoms with Crippen molar-refractivity contribution in [3.63, 3.8) is 0 Å². The highest BCUT2D eigenvalue weighted by Gasteiger charge is 2.25. The predicted molar refractivity (Wildman–Crippen MR) is 106 cm³/mol. The molecule has 1 aromatic carbocycles.